The summed E-state index contributed by atoms with van der Waals surface area (Å²) in [7, 11) is 9.71. The Morgan fingerprint density at radius 3 is 1.00 bits per heavy atom. The van der Waals surface area contributed by atoms with Crippen LogP contribution in [0, 0.1) is 0 Å². The van der Waals surface area contributed by atoms with E-state index in [0.717, 1.165) is 65.2 Å². The molecule has 0 saturated carbocycles. The van der Waals surface area contributed by atoms with E-state index < -0.39 is 0 Å². The number of hydrogen-bond acceptors (Lipinski definition) is 0. The number of halogens is 2. The van der Waals surface area contributed by atoms with Gasteiger partial charge in [0.1, 0.15) is 0 Å². The van der Waals surface area contributed by atoms with Crippen LogP contribution in [0.15, 0.2) is 0 Å². The average molecular weight is 368 g/mol. The van der Waals surface area contributed by atoms with E-state index in [1.807, 2.05) is 0 Å². The first-order chi connectivity index (χ1) is 8.41. The zero-order valence-electron chi connectivity index (χ0n) is 9.97. The summed E-state index contributed by atoms with van der Waals surface area (Å²) in [5.74, 6) is 0. The Kier molecular flexibility index (Phi) is 18.1. The predicted octanol–water partition coefficient (Wildman–Crippen LogP) is 3.65. The first kappa shape index (κ1) is 18.0. The van der Waals surface area contributed by atoms with E-state index in [9.17, 15) is 0 Å². The van der Waals surface area contributed by atoms with E-state index >= 15 is 0 Å². The van der Waals surface area contributed by atoms with Crippen molar-refractivity contribution in [1.82, 2.24) is 0 Å². The van der Waals surface area contributed by atoms with Crippen molar-refractivity contribution in [1.29, 1.82) is 0 Å². The molecule has 1 saturated heterocycles. The standard InChI is InChI=1S/C10H20N4.2ClH.Ru/c1-3-11-7-9-13-5-2-6-14-10-8-12-4-1;;;/h1-10H2;2*1H;/q-4;;;+2/p-2. The SMILES string of the molecule is C1C[N-]CC[N-]CCC[N-]CC[N-]C1.[Cl][Ru][Cl]. The van der Waals surface area contributed by atoms with Gasteiger partial charge in [-0.25, -0.2) is 0 Å². The molecule has 1 fully saturated rings. The van der Waals surface area contributed by atoms with Crippen LogP contribution in [0.1, 0.15) is 12.8 Å². The maximum atomic E-state index is 4.85. The van der Waals surface area contributed by atoms with Crippen molar-refractivity contribution >= 4 is 19.4 Å². The van der Waals surface area contributed by atoms with Crippen molar-refractivity contribution in [2.75, 3.05) is 52.4 Å². The molecule has 0 N–H and O–H groups in total. The van der Waals surface area contributed by atoms with Crippen LogP contribution in [0.2, 0.25) is 0 Å². The molecule has 0 aromatic carbocycles. The third kappa shape index (κ3) is 17.0. The molecular formula is C10H20Cl2N4Ru-4. The molecule has 17 heavy (non-hydrogen) atoms. The van der Waals surface area contributed by atoms with Gasteiger partial charge in [0.05, 0.1) is 0 Å². The summed E-state index contributed by atoms with van der Waals surface area (Å²) in [6.45, 7) is 7.31. The summed E-state index contributed by atoms with van der Waals surface area (Å²) in [6.07, 6.45) is 2.17. The Hall–Kier alpha value is 1.04. The summed E-state index contributed by atoms with van der Waals surface area (Å²) in [6, 6.07) is 0. The van der Waals surface area contributed by atoms with Crippen molar-refractivity contribution in [2.24, 2.45) is 0 Å². The maximum absolute atomic E-state index is 4.85. The van der Waals surface area contributed by atoms with Gasteiger partial charge in [-0.3, -0.25) is 0 Å². The second-order valence-corrected chi connectivity index (χ2v) is 6.08. The molecule has 1 rings (SSSR count). The third-order valence-corrected chi connectivity index (χ3v) is 2.10. The minimum absolute atomic E-state index is 0.346. The van der Waals surface area contributed by atoms with E-state index in [1.165, 1.54) is 0 Å². The summed E-state index contributed by atoms with van der Waals surface area (Å²) in [4.78, 5) is 0. The Balaban J connectivity index is 0.000000770. The third-order valence-electron chi connectivity index (χ3n) is 2.10. The summed E-state index contributed by atoms with van der Waals surface area (Å²) >= 11 is -0.346. The molecule has 0 aromatic heterocycles. The Bertz CT molecular complexity index is 90.2. The normalized spacial score (nSPS) is 21.1. The van der Waals surface area contributed by atoms with Gasteiger partial charge in [-0.2, -0.15) is 52.4 Å². The molecule has 1 aliphatic rings. The molecule has 0 unspecified atom stereocenters. The number of hydrogen-bond donors (Lipinski definition) is 0. The quantitative estimate of drug-likeness (QED) is 0.586. The Labute approximate surface area is 121 Å². The molecule has 0 aromatic rings. The fourth-order valence-electron chi connectivity index (χ4n) is 1.32. The van der Waals surface area contributed by atoms with Gasteiger partial charge in [0.25, 0.3) is 0 Å². The topological polar surface area (TPSA) is 56.4 Å². The molecule has 0 atom stereocenters. The molecule has 106 valence electrons. The summed E-state index contributed by atoms with van der Waals surface area (Å²) in [5.41, 5.74) is 0. The van der Waals surface area contributed by atoms with Crippen molar-refractivity contribution in [3.05, 3.63) is 21.3 Å². The van der Waals surface area contributed by atoms with Gasteiger partial charge in [-0.05, 0) is 0 Å². The van der Waals surface area contributed by atoms with Crippen LogP contribution in [0.4, 0.5) is 0 Å². The number of rotatable bonds is 0. The van der Waals surface area contributed by atoms with Gasteiger partial charge < -0.3 is 21.3 Å². The Morgan fingerprint density at radius 1 is 0.529 bits per heavy atom. The molecule has 7 heteroatoms. The van der Waals surface area contributed by atoms with Gasteiger partial charge in [0, 0.05) is 0 Å². The molecule has 0 bridgehead atoms. The van der Waals surface area contributed by atoms with Crippen LogP contribution < -0.4 is 0 Å². The van der Waals surface area contributed by atoms with Crippen molar-refractivity contribution in [3.8, 4) is 0 Å². The summed E-state index contributed by atoms with van der Waals surface area (Å²) < 4.78 is 0. The predicted molar refractivity (Wildman–Crippen MR) is 73.3 cm³/mol. The molecule has 1 heterocycles. The molecule has 1 aliphatic heterocycles. The van der Waals surface area contributed by atoms with Gasteiger partial charge in [0.2, 0.25) is 0 Å². The van der Waals surface area contributed by atoms with Crippen LogP contribution in [-0.4, -0.2) is 52.4 Å². The van der Waals surface area contributed by atoms with E-state index in [1.54, 1.807) is 0 Å². The monoisotopic (exact) mass is 368 g/mol. The molecule has 4 nitrogen and oxygen atoms in total. The van der Waals surface area contributed by atoms with Gasteiger partial charge in [-0.1, -0.05) is 12.8 Å². The average Bonchev–Trinajstić information content (AvgIpc) is 2.33. The first-order valence-electron chi connectivity index (χ1n) is 5.80. The zero-order chi connectivity index (χ0) is 12.6. The molecule has 0 spiro atoms. The van der Waals surface area contributed by atoms with Crippen LogP contribution in [-0.2, 0) is 15.1 Å². The number of nitrogens with zero attached hydrogens (tertiary/aromatic N) is 4. The van der Waals surface area contributed by atoms with E-state index in [-0.39, 0.29) is 15.1 Å². The fourth-order valence-corrected chi connectivity index (χ4v) is 1.32. The molecule has 0 radical (unpaired) electrons. The second-order valence-electron chi connectivity index (χ2n) is 3.44. The fraction of sp³-hybridized carbons (Fsp3) is 1.00. The van der Waals surface area contributed by atoms with Gasteiger partial charge in [0.15, 0.2) is 0 Å². The van der Waals surface area contributed by atoms with Crippen LogP contribution >= 0.6 is 19.4 Å². The van der Waals surface area contributed by atoms with Crippen LogP contribution in [0.25, 0.3) is 21.3 Å². The summed E-state index contributed by atoms with van der Waals surface area (Å²) in [5, 5.41) is 17.5. The minimum atomic E-state index is -0.346. The first-order valence-corrected chi connectivity index (χ1v) is 10.3. The molecular weight excluding hydrogens is 348 g/mol. The molecule has 0 amide bonds. The van der Waals surface area contributed by atoms with E-state index in [2.05, 4.69) is 21.3 Å². The van der Waals surface area contributed by atoms with Crippen molar-refractivity contribution < 1.29 is 15.1 Å². The van der Waals surface area contributed by atoms with Crippen molar-refractivity contribution in [3.63, 3.8) is 0 Å². The van der Waals surface area contributed by atoms with Crippen molar-refractivity contribution in [2.45, 2.75) is 12.8 Å². The Morgan fingerprint density at radius 2 is 0.765 bits per heavy atom. The molecule has 0 aliphatic carbocycles. The van der Waals surface area contributed by atoms with Crippen LogP contribution in [0.5, 0.6) is 0 Å². The van der Waals surface area contributed by atoms with Crippen LogP contribution in [0.3, 0.4) is 0 Å². The second kappa shape index (κ2) is 17.0. The zero-order valence-corrected chi connectivity index (χ0v) is 13.2. The van der Waals surface area contributed by atoms with E-state index in [0.29, 0.717) is 0 Å². The van der Waals surface area contributed by atoms with Gasteiger partial charge >= 0.3 is 34.5 Å². The van der Waals surface area contributed by atoms with E-state index in [4.69, 9.17) is 19.4 Å². The van der Waals surface area contributed by atoms with Gasteiger partial charge in [-0.15, -0.1) is 0 Å².